The molecule has 184 valence electrons. The van der Waals surface area contributed by atoms with Gasteiger partial charge in [-0.25, -0.2) is 0 Å². The van der Waals surface area contributed by atoms with Crippen LogP contribution in [-0.2, 0) is 21.7 Å². The van der Waals surface area contributed by atoms with Crippen molar-refractivity contribution in [2.24, 2.45) is 0 Å². The summed E-state index contributed by atoms with van der Waals surface area (Å²) in [5, 5.41) is 0. The molecule has 0 saturated carbocycles. The summed E-state index contributed by atoms with van der Waals surface area (Å²) < 4.78 is 11.6. The van der Waals surface area contributed by atoms with Crippen LogP contribution in [-0.4, -0.2) is 9.79 Å². The van der Waals surface area contributed by atoms with Gasteiger partial charge in [-0.3, -0.25) is 9.05 Å². The van der Waals surface area contributed by atoms with E-state index in [0.717, 1.165) is 22.3 Å². The normalized spacial score (nSPS) is 13.8. The SMILES string of the molecule is CC(C)(C)c1ccc(O[P+](O)(O)Oc2ccc(C(C)(C)C)cc2C(C)(C)C)c(C(C)(C)C)c1. The Morgan fingerprint density at radius 2 is 0.818 bits per heavy atom. The molecular formula is C28H44O4P+. The van der Waals surface area contributed by atoms with E-state index in [9.17, 15) is 9.79 Å². The molecule has 2 aromatic carbocycles. The maximum absolute atomic E-state index is 10.9. The maximum atomic E-state index is 10.9. The van der Waals surface area contributed by atoms with Crippen LogP contribution < -0.4 is 9.05 Å². The van der Waals surface area contributed by atoms with Gasteiger partial charge < -0.3 is 0 Å². The molecule has 0 spiro atoms. The molecule has 5 heteroatoms. The minimum absolute atomic E-state index is 0.0316. The van der Waals surface area contributed by atoms with E-state index in [4.69, 9.17) is 9.05 Å². The first-order chi connectivity index (χ1) is 14.6. The summed E-state index contributed by atoms with van der Waals surface area (Å²) in [5.41, 5.74) is 3.58. The van der Waals surface area contributed by atoms with Gasteiger partial charge in [0, 0.05) is 11.1 Å². The van der Waals surface area contributed by atoms with Crippen LogP contribution in [0.4, 0.5) is 0 Å². The first-order valence-corrected chi connectivity index (χ1v) is 13.2. The fraction of sp³-hybridized carbons (Fsp3) is 0.571. The predicted molar refractivity (Wildman–Crippen MR) is 140 cm³/mol. The van der Waals surface area contributed by atoms with Crippen LogP contribution in [0.5, 0.6) is 11.5 Å². The Bertz CT molecular complexity index is 901. The minimum atomic E-state index is -4.19. The van der Waals surface area contributed by atoms with Crippen molar-refractivity contribution in [3.63, 3.8) is 0 Å². The second-order valence-corrected chi connectivity index (χ2v) is 14.4. The molecular weight excluding hydrogens is 431 g/mol. The maximum Gasteiger partial charge on any atom is 0.663 e. The molecule has 4 nitrogen and oxygen atoms in total. The van der Waals surface area contributed by atoms with E-state index in [1.54, 1.807) is 0 Å². The second-order valence-electron chi connectivity index (χ2n) is 13.1. The van der Waals surface area contributed by atoms with E-state index in [1.165, 1.54) is 0 Å². The highest BCUT2D eigenvalue weighted by Gasteiger charge is 2.45. The predicted octanol–water partition coefficient (Wildman–Crippen LogP) is 8.00. The van der Waals surface area contributed by atoms with Crippen molar-refractivity contribution in [2.45, 2.75) is 105 Å². The number of benzene rings is 2. The summed E-state index contributed by atoms with van der Waals surface area (Å²) in [4.78, 5) is 21.8. The van der Waals surface area contributed by atoms with E-state index in [-0.39, 0.29) is 21.7 Å². The average molecular weight is 476 g/mol. The smallest absolute Gasteiger partial charge is 0.254 e. The van der Waals surface area contributed by atoms with Crippen molar-refractivity contribution >= 4 is 8.17 Å². The van der Waals surface area contributed by atoms with Gasteiger partial charge in [0.15, 0.2) is 11.5 Å². The molecule has 33 heavy (non-hydrogen) atoms. The zero-order chi connectivity index (χ0) is 25.6. The average Bonchev–Trinajstić information content (AvgIpc) is 2.57. The topological polar surface area (TPSA) is 58.9 Å². The molecule has 0 aliphatic heterocycles. The highest BCUT2D eigenvalue weighted by atomic mass is 31.2. The van der Waals surface area contributed by atoms with Gasteiger partial charge in [0.25, 0.3) is 0 Å². The summed E-state index contributed by atoms with van der Waals surface area (Å²) in [7, 11) is -4.19. The van der Waals surface area contributed by atoms with Crippen LogP contribution >= 0.6 is 8.17 Å². The number of hydrogen-bond acceptors (Lipinski definition) is 4. The third-order valence-corrected chi connectivity index (χ3v) is 6.61. The van der Waals surface area contributed by atoms with Gasteiger partial charge in [-0.1, -0.05) is 107 Å². The van der Waals surface area contributed by atoms with Crippen molar-refractivity contribution in [2.75, 3.05) is 0 Å². The molecule has 0 amide bonds. The number of rotatable bonds is 4. The second kappa shape index (κ2) is 8.87. The Morgan fingerprint density at radius 3 is 1.06 bits per heavy atom. The van der Waals surface area contributed by atoms with Gasteiger partial charge in [0.05, 0.1) is 0 Å². The molecule has 0 aliphatic rings. The zero-order valence-corrected chi connectivity index (χ0v) is 23.5. The van der Waals surface area contributed by atoms with Gasteiger partial charge in [-0.2, -0.15) is 9.79 Å². The van der Waals surface area contributed by atoms with Crippen molar-refractivity contribution < 1.29 is 18.8 Å². The first kappa shape index (κ1) is 27.6. The molecule has 0 bridgehead atoms. The number of hydrogen-bond donors (Lipinski definition) is 2. The van der Waals surface area contributed by atoms with Crippen molar-refractivity contribution in [3.8, 4) is 11.5 Å². The van der Waals surface area contributed by atoms with Gasteiger partial charge in [0.2, 0.25) is 0 Å². The van der Waals surface area contributed by atoms with Crippen LogP contribution in [0.3, 0.4) is 0 Å². The van der Waals surface area contributed by atoms with E-state index in [1.807, 2.05) is 24.3 Å². The molecule has 0 saturated heterocycles. The van der Waals surface area contributed by atoms with E-state index in [0.29, 0.717) is 11.5 Å². The molecule has 2 aromatic rings. The van der Waals surface area contributed by atoms with Crippen LogP contribution in [0.15, 0.2) is 36.4 Å². The van der Waals surface area contributed by atoms with Gasteiger partial charge in [-0.15, -0.1) is 0 Å². The summed E-state index contributed by atoms with van der Waals surface area (Å²) in [6.45, 7) is 25.4. The van der Waals surface area contributed by atoms with Crippen LogP contribution in [0.1, 0.15) is 105 Å². The minimum Gasteiger partial charge on any atom is -0.254 e. The summed E-state index contributed by atoms with van der Waals surface area (Å²) in [5.74, 6) is 0.856. The summed E-state index contributed by atoms with van der Waals surface area (Å²) in [6.07, 6.45) is 0. The lowest BCUT2D eigenvalue weighted by atomic mass is 9.80. The van der Waals surface area contributed by atoms with E-state index < -0.39 is 8.17 Å². The lowest BCUT2D eigenvalue weighted by Crippen LogP contribution is -2.20. The highest BCUT2D eigenvalue weighted by Crippen LogP contribution is 2.55. The van der Waals surface area contributed by atoms with Crippen molar-refractivity contribution in [1.82, 2.24) is 0 Å². The van der Waals surface area contributed by atoms with E-state index >= 15 is 0 Å². The molecule has 0 atom stereocenters. The molecule has 0 aromatic heterocycles. The molecule has 2 rings (SSSR count). The van der Waals surface area contributed by atoms with Crippen LogP contribution in [0.2, 0.25) is 0 Å². The monoisotopic (exact) mass is 475 g/mol. The Kier molecular flexibility index (Phi) is 7.43. The largest absolute Gasteiger partial charge is 0.663 e. The molecule has 0 heterocycles. The third kappa shape index (κ3) is 7.18. The third-order valence-electron chi connectivity index (χ3n) is 5.74. The Balaban J connectivity index is 2.47. The first-order valence-electron chi connectivity index (χ1n) is 11.6. The molecule has 0 aliphatic carbocycles. The van der Waals surface area contributed by atoms with Crippen molar-refractivity contribution in [3.05, 3.63) is 58.7 Å². The highest BCUT2D eigenvalue weighted by molar-refractivity contribution is 7.55. The molecule has 2 N–H and O–H groups in total. The fourth-order valence-corrected chi connectivity index (χ4v) is 4.47. The Labute approximate surface area is 202 Å². The lowest BCUT2D eigenvalue weighted by Gasteiger charge is -2.27. The fourth-order valence-electron chi connectivity index (χ4n) is 3.60. The van der Waals surface area contributed by atoms with Crippen LogP contribution in [0, 0.1) is 0 Å². The standard InChI is InChI=1S/C28H44O4P/c1-25(2,3)19-13-15-23(21(17-19)27(7,8)9)31-33(29,30)32-24-16-14-20(26(4,5)6)18-22(24)28(10,11)12/h13-18,29-30H,1-12H3/q+1. The summed E-state index contributed by atoms with van der Waals surface area (Å²) >= 11 is 0. The van der Waals surface area contributed by atoms with Gasteiger partial charge in [-0.05, 0) is 44.9 Å². The van der Waals surface area contributed by atoms with E-state index in [2.05, 4.69) is 95.2 Å². The molecule has 0 unspecified atom stereocenters. The lowest BCUT2D eigenvalue weighted by molar-refractivity contribution is 0.242. The summed E-state index contributed by atoms with van der Waals surface area (Å²) in [6, 6.07) is 11.8. The quantitative estimate of drug-likeness (QED) is 0.440. The zero-order valence-electron chi connectivity index (χ0n) is 22.6. The van der Waals surface area contributed by atoms with Crippen molar-refractivity contribution in [1.29, 1.82) is 0 Å². The Morgan fingerprint density at radius 1 is 0.515 bits per heavy atom. The van der Waals surface area contributed by atoms with Gasteiger partial charge in [0.1, 0.15) is 0 Å². The Hall–Kier alpha value is -1.61. The molecule has 0 radical (unpaired) electrons. The molecule has 0 fully saturated rings. The van der Waals surface area contributed by atoms with Crippen LogP contribution in [0.25, 0.3) is 0 Å². The van der Waals surface area contributed by atoms with Gasteiger partial charge >= 0.3 is 8.17 Å².